The Morgan fingerprint density at radius 3 is 2.28 bits per heavy atom. The van der Waals surface area contributed by atoms with Crippen LogP contribution in [0, 0.1) is 0 Å². The lowest BCUT2D eigenvalue weighted by molar-refractivity contribution is -0.111. The lowest BCUT2D eigenvalue weighted by Gasteiger charge is -2.09. The molecule has 0 aliphatic rings. The van der Waals surface area contributed by atoms with Crippen LogP contribution in [0.25, 0.3) is 6.08 Å². The van der Waals surface area contributed by atoms with E-state index in [0.717, 1.165) is 22.6 Å². The second-order valence-corrected chi connectivity index (χ2v) is 6.23. The summed E-state index contributed by atoms with van der Waals surface area (Å²) in [5.41, 5.74) is 3.54. The zero-order valence-electron chi connectivity index (χ0n) is 16.5. The van der Waals surface area contributed by atoms with E-state index in [9.17, 15) is 4.79 Å². The molecule has 0 spiro atoms. The number of hydrogen-bond acceptors (Lipinski definition) is 4. The summed E-state index contributed by atoms with van der Waals surface area (Å²) < 4.78 is 10.8. The Bertz CT molecular complexity index is 967. The maximum Gasteiger partial charge on any atom is 0.248 e. The van der Waals surface area contributed by atoms with Crippen molar-refractivity contribution in [2.45, 2.75) is 6.92 Å². The summed E-state index contributed by atoms with van der Waals surface area (Å²) in [6, 6.07) is 23.0. The molecule has 0 aromatic heterocycles. The molecule has 0 fully saturated rings. The van der Waals surface area contributed by atoms with Crippen LogP contribution in [-0.4, -0.2) is 19.6 Å². The van der Waals surface area contributed by atoms with Crippen LogP contribution < -0.4 is 20.1 Å². The maximum absolute atomic E-state index is 12.2. The zero-order chi connectivity index (χ0) is 20.5. The number of carbonyl (C=O) groups is 1. The summed E-state index contributed by atoms with van der Waals surface area (Å²) in [6.45, 7) is 2.48. The Balaban J connectivity index is 1.59. The van der Waals surface area contributed by atoms with Crippen molar-refractivity contribution in [2.75, 3.05) is 24.4 Å². The minimum absolute atomic E-state index is 0.207. The second-order valence-electron chi connectivity index (χ2n) is 6.23. The number of anilines is 3. The van der Waals surface area contributed by atoms with Crippen molar-refractivity contribution in [3.63, 3.8) is 0 Å². The first-order chi connectivity index (χ1) is 14.2. The van der Waals surface area contributed by atoms with Gasteiger partial charge in [-0.25, -0.2) is 0 Å². The van der Waals surface area contributed by atoms with Gasteiger partial charge in [0.1, 0.15) is 0 Å². The minimum atomic E-state index is -0.207. The molecule has 0 saturated carbocycles. The first kappa shape index (κ1) is 20.0. The third-order valence-corrected chi connectivity index (χ3v) is 4.13. The van der Waals surface area contributed by atoms with E-state index in [4.69, 9.17) is 9.47 Å². The normalized spacial score (nSPS) is 10.6. The van der Waals surface area contributed by atoms with Crippen molar-refractivity contribution >= 4 is 29.0 Å². The molecule has 5 heteroatoms. The first-order valence-electron chi connectivity index (χ1n) is 9.40. The van der Waals surface area contributed by atoms with Gasteiger partial charge in [0, 0.05) is 23.1 Å². The molecule has 0 aliphatic carbocycles. The van der Waals surface area contributed by atoms with Crippen molar-refractivity contribution < 1.29 is 14.3 Å². The van der Waals surface area contributed by atoms with E-state index in [1.165, 1.54) is 6.08 Å². The lowest BCUT2D eigenvalue weighted by Crippen LogP contribution is -2.07. The van der Waals surface area contributed by atoms with Gasteiger partial charge in [0.15, 0.2) is 11.5 Å². The molecule has 3 aromatic rings. The average molecular weight is 388 g/mol. The van der Waals surface area contributed by atoms with Crippen LogP contribution in [0.1, 0.15) is 12.5 Å². The van der Waals surface area contributed by atoms with Crippen LogP contribution in [0.5, 0.6) is 11.5 Å². The SMILES string of the molecule is CCOc1ccc(/C=C/C(=O)Nc2ccc(Nc3ccccc3)cc2)cc1OC. The van der Waals surface area contributed by atoms with Gasteiger partial charge < -0.3 is 20.1 Å². The molecule has 1 amide bonds. The highest BCUT2D eigenvalue weighted by Crippen LogP contribution is 2.28. The predicted octanol–water partition coefficient (Wildman–Crippen LogP) is 5.49. The predicted molar refractivity (Wildman–Crippen MR) is 118 cm³/mol. The molecule has 2 N–H and O–H groups in total. The number of carbonyl (C=O) groups excluding carboxylic acids is 1. The Morgan fingerprint density at radius 2 is 1.59 bits per heavy atom. The van der Waals surface area contributed by atoms with Crippen LogP contribution in [0.15, 0.2) is 78.9 Å². The summed E-state index contributed by atoms with van der Waals surface area (Å²) in [5.74, 6) is 1.11. The fourth-order valence-corrected chi connectivity index (χ4v) is 2.74. The number of methoxy groups -OCH3 is 1. The van der Waals surface area contributed by atoms with Gasteiger partial charge in [0.25, 0.3) is 0 Å². The molecular weight excluding hydrogens is 364 g/mol. The minimum Gasteiger partial charge on any atom is -0.493 e. The van der Waals surface area contributed by atoms with Crippen molar-refractivity contribution in [1.82, 2.24) is 0 Å². The summed E-state index contributed by atoms with van der Waals surface area (Å²) in [7, 11) is 1.59. The standard InChI is InChI=1S/C24H24N2O3/c1-3-29-22-15-9-18(17-23(22)28-2)10-16-24(27)26-21-13-11-20(12-14-21)25-19-7-5-4-6-8-19/h4-17,25H,3H2,1-2H3,(H,26,27)/b16-10+. The van der Waals surface area contributed by atoms with Crippen LogP contribution in [-0.2, 0) is 4.79 Å². The molecule has 0 heterocycles. The number of rotatable bonds is 8. The molecular formula is C24H24N2O3. The van der Waals surface area contributed by atoms with E-state index in [0.29, 0.717) is 18.1 Å². The average Bonchev–Trinajstić information content (AvgIpc) is 2.75. The van der Waals surface area contributed by atoms with E-state index in [1.807, 2.05) is 79.7 Å². The zero-order valence-corrected chi connectivity index (χ0v) is 16.5. The van der Waals surface area contributed by atoms with Gasteiger partial charge in [-0.3, -0.25) is 4.79 Å². The van der Waals surface area contributed by atoms with Gasteiger partial charge >= 0.3 is 0 Å². The summed E-state index contributed by atoms with van der Waals surface area (Å²) >= 11 is 0. The van der Waals surface area contributed by atoms with E-state index in [2.05, 4.69) is 10.6 Å². The van der Waals surface area contributed by atoms with Crippen LogP contribution >= 0.6 is 0 Å². The van der Waals surface area contributed by atoms with E-state index >= 15 is 0 Å². The molecule has 5 nitrogen and oxygen atoms in total. The first-order valence-corrected chi connectivity index (χ1v) is 9.40. The topological polar surface area (TPSA) is 59.6 Å². The van der Waals surface area contributed by atoms with Crippen molar-refractivity contribution in [3.05, 3.63) is 84.4 Å². The van der Waals surface area contributed by atoms with Crippen LogP contribution in [0.2, 0.25) is 0 Å². The molecule has 3 aromatic carbocycles. The van der Waals surface area contributed by atoms with E-state index in [1.54, 1.807) is 13.2 Å². The fourth-order valence-electron chi connectivity index (χ4n) is 2.74. The maximum atomic E-state index is 12.2. The number of hydrogen-bond donors (Lipinski definition) is 2. The van der Waals surface area contributed by atoms with Crippen LogP contribution in [0.3, 0.4) is 0 Å². The van der Waals surface area contributed by atoms with E-state index < -0.39 is 0 Å². The molecule has 0 aliphatic heterocycles. The fraction of sp³-hybridized carbons (Fsp3) is 0.125. The number of ether oxygens (including phenoxy) is 2. The van der Waals surface area contributed by atoms with Gasteiger partial charge in [-0.1, -0.05) is 24.3 Å². The van der Waals surface area contributed by atoms with Crippen molar-refractivity contribution in [3.8, 4) is 11.5 Å². The monoisotopic (exact) mass is 388 g/mol. The third kappa shape index (κ3) is 5.87. The summed E-state index contributed by atoms with van der Waals surface area (Å²) in [6.07, 6.45) is 3.23. The highest BCUT2D eigenvalue weighted by molar-refractivity contribution is 6.02. The molecule has 0 radical (unpaired) electrons. The number of benzene rings is 3. The Labute approximate surface area is 171 Å². The number of amides is 1. The van der Waals surface area contributed by atoms with Gasteiger partial charge in [-0.15, -0.1) is 0 Å². The number of para-hydroxylation sites is 1. The molecule has 29 heavy (non-hydrogen) atoms. The number of nitrogens with one attached hydrogen (secondary N) is 2. The second kappa shape index (κ2) is 9.99. The Hall–Kier alpha value is -3.73. The smallest absolute Gasteiger partial charge is 0.248 e. The third-order valence-electron chi connectivity index (χ3n) is 4.13. The lowest BCUT2D eigenvalue weighted by atomic mass is 10.2. The van der Waals surface area contributed by atoms with Gasteiger partial charge in [-0.05, 0) is 67.1 Å². The molecule has 148 valence electrons. The largest absolute Gasteiger partial charge is 0.493 e. The molecule has 0 unspecified atom stereocenters. The molecule has 0 saturated heterocycles. The Kier molecular flexibility index (Phi) is 6.90. The summed E-state index contributed by atoms with van der Waals surface area (Å²) in [5, 5.41) is 6.16. The van der Waals surface area contributed by atoms with Crippen LogP contribution in [0.4, 0.5) is 17.1 Å². The van der Waals surface area contributed by atoms with Crippen molar-refractivity contribution in [2.24, 2.45) is 0 Å². The van der Waals surface area contributed by atoms with E-state index in [-0.39, 0.29) is 5.91 Å². The van der Waals surface area contributed by atoms with Gasteiger partial charge in [0.2, 0.25) is 5.91 Å². The van der Waals surface area contributed by atoms with Gasteiger partial charge in [-0.2, -0.15) is 0 Å². The molecule has 0 atom stereocenters. The highest BCUT2D eigenvalue weighted by atomic mass is 16.5. The van der Waals surface area contributed by atoms with Gasteiger partial charge in [0.05, 0.1) is 13.7 Å². The highest BCUT2D eigenvalue weighted by Gasteiger charge is 2.04. The molecule has 3 rings (SSSR count). The Morgan fingerprint density at radius 1 is 0.897 bits per heavy atom. The molecule has 0 bridgehead atoms. The van der Waals surface area contributed by atoms with Crippen molar-refractivity contribution in [1.29, 1.82) is 0 Å². The summed E-state index contributed by atoms with van der Waals surface area (Å²) in [4.78, 5) is 12.2. The quantitative estimate of drug-likeness (QED) is 0.501.